The van der Waals surface area contributed by atoms with Crippen molar-refractivity contribution in [3.05, 3.63) is 24.0 Å². The average molecular weight is 217 g/mol. The molecule has 1 fully saturated rings. The summed E-state index contributed by atoms with van der Waals surface area (Å²) >= 11 is 0. The van der Waals surface area contributed by atoms with Gasteiger partial charge >= 0.3 is 0 Å². The van der Waals surface area contributed by atoms with Crippen LogP contribution in [0.15, 0.2) is 18.3 Å². The van der Waals surface area contributed by atoms with Gasteiger partial charge in [0, 0.05) is 18.6 Å². The zero-order valence-electron chi connectivity index (χ0n) is 9.06. The first-order chi connectivity index (χ1) is 7.83. The Morgan fingerprint density at radius 1 is 1.50 bits per heavy atom. The number of pyridine rings is 1. The van der Waals surface area contributed by atoms with Crippen molar-refractivity contribution >= 4 is 5.69 Å². The minimum absolute atomic E-state index is 0.237. The molecular formula is C12H15N3O. The van der Waals surface area contributed by atoms with E-state index >= 15 is 0 Å². The van der Waals surface area contributed by atoms with E-state index in [2.05, 4.69) is 10.3 Å². The summed E-state index contributed by atoms with van der Waals surface area (Å²) in [7, 11) is 0. The first-order valence-corrected chi connectivity index (χ1v) is 5.57. The van der Waals surface area contributed by atoms with Gasteiger partial charge in [-0.1, -0.05) is 6.42 Å². The molecule has 1 saturated carbocycles. The number of aliphatic hydroxyl groups is 1. The summed E-state index contributed by atoms with van der Waals surface area (Å²) in [6.07, 6.45) is 5.00. The van der Waals surface area contributed by atoms with Gasteiger partial charge < -0.3 is 10.4 Å². The standard InChI is InChI=1S/C12H15N3O/c13-6-10-4-5-11(7-14-10)15-12-3-1-2-9(12)8-16/h4-5,7,9,12,15-16H,1-3,8H2/t9-,12-/m0/s1. The number of nitrogens with one attached hydrogen (secondary N) is 1. The highest BCUT2D eigenvalue weighted by molar-refractivity contribution is 5.43. The van der Waals surface area contributed by atoms with E-state index in [4.69, 9.17) is 5.26 Å². The first kappa shape index (κ1) is 10.9. The maximum absolute atomic E-state index is 9.20. The SMILES string of the molecule is N#Cc1ccc(N[C@H]2CCC[C@H]2CO)cn1. The van der Waals surface area contributed by atoms with E-state index in [0.29, 0.717) is 17.7 Å². The van der Waals surface area contributed by atoms with Crippen molar-refractivity contribution in [2.75, 3.05) is 11.9 Å². The minimum Gasteiger partial charge on any atom is -0.396 e. The lowest BCUT2D eigenvalue weighted by atomic mass is 10.1. The molecule has 1 heterocycles. The van der Waals surface area contributed by atoms with Crippen LogP contribution in [0.25, 0.3) is 0 Å². The van der Waals surface area contributed by atoms with Crippen LogP contribution >= 0.6 is 0 Å². The van der Waals surface area contributed by atoms with Crippen LogP contribution in [-0.2, 0) is 0 Å². The molecule has 2 rings (SSSR count). The van der Waals surface area contributed by atoms with Gasteiger partial charge in [-0.3, -0.25) is 0 Å². The van der Waals surface area contributed by atoms with E-state index < -0.39 is 0 Å². The zero-order valence-corrected chi connectivity index (χ0v) is 9.06. The van der Waals surface area contributed by atoms with Gasteiger partial charge in [0.2, 0.25) is 0 Å². The molecule has 4 heteroatoms. The number of aromatic nitrogens is 1. The number of hydrogen-bond donors (Lipinski definition) is 2. The fourth-order valence-electron chi connectivity index (χ4n) is 2.20. The lowest BCUT2D eigenvalue weighted by Gasteiger charge is -2.19. The first-order valence-electron chi connectivity index (χ1n) is 5.57. The monoisotopic (exact) mass is 217 g/mol. The second-order valence-corrected chi connectivity index (χ2v) is 4.17. The predicted molar refractivity (Wildman–Crippen MR) is 60.8 cm³/mol. The van der Waals surface area contributed by atoms with Crippen molar-refractivity contribution in [3.8, 4) is 6.07 Å². The summed E-state index contributed by atoms with van der Waals surface area (Å²) in [5, 5.41) is 21.2. The fourth-order valence-corrected chi connectivity index (χ4v) is 2.20. The van der Waals surface area contributed by atoms with Crippen LogP contribution in [-0.4, -0.2) is 22.7 Å². The molecular weight excluding hydrogens is 202 g/mol. The van der Waals surface area contributed by atoms with Gasteiger partial charge in [-0.25, -0.2) is 4.98 Å². The van der Waals surface area contributed by atoms with Crippen molar-refractivity contribution in [2.45, 2.75) is 25.3 Å². The number of hydrogen-bond acceptors (Lipinski definition) is 4. The highest BCUT2D eigenvalue weighted by atomic mass is 16.3. The Hall–Kier alpha value is -1.60. The molecule has 1 aromatic heterocycles. The Morgan fingerprint density at radius 2 is 2.38 bits per heavy atom. The maximum Gasteiger partial charge on any atom is 0.140 e. The third kappa shape index (κ3) is 2.31. The third-order valence-electron chi connectivity index (χ3n) is 3.12. The molecule has 0 spiro atoms. The molecule has 1 aromatic rings. The fraction of sp³-hybridized carbons (Fsp3) is 0.500. The van der Waals surface area contributed by atoms with Crippen LogP contribution in [0.1, 0.15) is 25.0 Å². The molecule has 1 aliphatic rings. The number of nitriles is 1. The molecule has 0 amide bonds. The van der Waals surface area contributed by atoms with Gasteiger partial charge in [0.1, 0.15) is 11.8 Å². The molecule has 1 aliphatic carbocycles. The van der Waals surface area contributed by atoms with Crippen molar-refractivity contribution in [1.82, 2.24) is 4.98 Å². The second-order valence-electron chi connectivity index (χ2n) is 4.17. The molecule has 2 N–H and O–H groups in total. The van der Waals surface area contributed by atoms with Crippen LogP contribution in [0.3, 0.4) is 0 Å². The summed E-state index contributed by atoms with van der Waals surface area (Å²) in [6.45, 7) is 0.237. The Morgan fingerprint density at radius 3 is 3.00 bits per heavy atom. The lowest BCUT2D eigenvalue weighted by Crippen LogP contribution is -2.26. The van der Waals surface area contributed by atoms with Gasteiger partial charge in [0.05, 0.1) is 11.9 Å². The Kier molecular flexibility index (Phi) is 3.37. The van der Waals surface area contributed by atoms with E-state index in [1.54, 1.807) is 12.3 Å². The summed E-state index contributed by atoms with van der Waals surface area (Å²) in [4.78, 5) is 4.00. The normalized spacial score (nSPS) is 24.0. The Balaban J connectivity index is 2.00. The van der Waals surface area contributed by atoms with Crippen LogP contribution in [0.4, 0.5) is 5.69 Å². The molecule has 2 atom stereocenters. The molecule has 0 unspecified atom stereocenters. The molecule has 0 saturated heterocycles. The van der Waals surface area contributed by atoms with Crippen molar-refractivity contribution < 1.29 is 5.11 Å². The van der Waals surface area contributed by atoms with Gasteiger partial charge in [0.25, 0.3) is 0 Å². The number of nitrogens with zero attached hydrogens (tertiary/aromatic N) is 2. The van der Waals surface area contributed by atoms with Crippen LogP contribution < -0.4 is 5.32 Å². The molecule has 16 heavy (non-hydrogen) atoms. The number of anilines is 1. The summed E-state index contributed by atoms with van der Waals surface area (Å²) in [6, 6.07) is 5.88. The largest absolute Gasteiger partial charge is 0.396 e. The molecule has 0 aliphatic heterocycles. The molecule has 0 bridgehead atoms. The quantitative estimate of drug-likeness (QED) is 0.805. The van der Waals surface area contributed by atoms with Crippen LogP contribution in [0, 0.1) is 17.2 Å². The minimum atomic E-state index is 0.237. The molecule has 0 aromatic carbocycles. The summed E-state index contributed by atoms with van der Waals surface area (Å²) in [5.41, 5.74) is 1.35. The van der Waals surface area contributed by atoms with Crippen LogP contribution in [0.2, 0.25) is 0 Å². The Bertz CT molecular complexity index is 382. The average Bonchev–Trinajstić information content (AvgIpc) is 2.77. The van der Waals surface area contributed by atoms with Gasteiger partial charge in [-0.15, -0.1) is 0 Å². The second kappa shape index (κ2) is 4.95. The van der Waals surface area contributed by atoms with Crippen molar-refractivity contribution in [1.29, 1.82) is 5.26 Å². The highest BCUT2D eigenvalue weighted by Crippen LogP contribution is 2.27. The van der Waals surface area contributed by atoms with Crippen molar-refractivity contribution in [3.63, 3.8) is 0 Å². The van der Waals surface area contributed by atoms with E-state index in [1.165, 1.54) is 0 Å². The maximum atomic E-state index is 9.20. The van der Waals surface area contributed by atoms with Gasteiger partial charge in [0.15, 0.2) is 0 Å². The molecule has 4 nitrogen and oxygen atoms in total. The summed E-state index contributed by atoms with van der Waals surface area (Å²) < 4.78 is 0. The van der Waals surface area contributed by atoms with Gasteiger partial charge in [-0.05, 0) is 25.0 Å². The topological polar surface area (TPSA) is 68.9 Å². The number of aliphatic hydroxyl groups excluding tert-OH is 1. The van der Waals surface area contributed by atoms with E-state index in [1.807, 2.05) is 12.1 Å². The van der Waals surface area contributed by atoms with Gasteiger partial charge in [-0.2, -0.15) is 5.26 Å². The number of rotatable bonds is 3. The lowest BCUT2D eigenvalue weighted by molar-refractivity contribution is 0.222. The summed E-state index contributed by atoms with van der Waals surface area (Å²) in [5.74, 6) is 0.343. The van der Waals surface area contributed by atoms with E-state index in [-0.39, 0.29) is 6.61 Å². The highest BCUT2D eigenvalue weighted by Gasteiger charge is 2.26. The predicted octanol–water partition coefficient (Wildman–Crippen LogP) is 1.53. The smallest absolute Gasteiger partial charge is 0.140 e. The zero-order chi connectivity index (χ0) is 11.4. The van der Waals surface area contributed by atoms with E-state index in [0.717, 1.165) is 24.9 Å². The third-order valence-corrected chi connectivity index (χ3v) is 3.12. The molecule has 84 valence electrons. The van der Waals surface area contributed by atoms with Crippen molar-refractivity contribution in [2.24, 2.45) is 5.92 Å². The Labute approximate surface area is 94.9 Å². The van der Waals surface area contributed by atoms with E-state index in [9.17, 15) is 5.11 Å². The van der Waals surface area contributed by atoms with Crippen LogP contribution in [0.5, 0.6) is 0 Å². The molecule has 0 radical (unpaired) electrons.